The summed E-state index contributed by atoms with van der Waals surface area (Å²) in [4.78, 5) is 6.68. The second kappa shape index (κ2) is 10.0. The van der Waals surface area contributed by atoms with E-state index < -0.39 is 0 Å². The first-order chi connectivity index (χ1) is 14.1. The minimum atomic E-state index is 0.218. The molecule has 1 aromatic heterocycles. The molecule has 2 aromatic carbocycles. The molecule has 0 aliphatic rings. The van der Waals surface area contributed by atoms with E-state index >= 15 is 0 Å². The highest BCUT2D eigenvalue weighted by molar-refractivity contribution is 7.17. The molecule has 0 aliphatic carbocycles. The Labute approximate surface area is 176 Å². The summed E-state index contributed by atoms with van der Waals surface area (Å²) in [6.07, 6.45) is 2.80. The Balaban J connectivity index is 1.86. The van der Waals surface area contributed by atoms with Gasteiger partial charge in [0.2, 0.25) is 0 Å². The highest BCUT2D eigenvalue weighted by Gasteiger charge is 2.13. The Morgan fingerprint density at radius 3 is 2.76 bits per heavy atom. The Morgan fingerprint density at radius 2 is 2.00 bits per heavy atom. The molecular weight excluding hydrogens is 378 g/mol. The smallest absolute Gasteiger partial charge is 0.117 e. The summed E-state index contributed by atoms with van der Waals surface area (Å²) in [6.45, 7) is 10.2. The van der Waals surface area contributed by atoms with E-state index in [0.29, 0.717) is 0 Å². The van der Waals surface area contributed by atoms with Gasteiger partial charge in [-0.3, -0.25) is 4.99 Å². The first-order valence-corrected chi connectivity index (χ1v) is 10.6. The van der Waals surface area contributed by atoms with Crippen LogP contribution in [-0.4, -0.2) is 24.4 Å². The fraction of sp³-hybridized carbons (Fsp3) is 0.208. The maximum atomic E-state index is 9.70. The lowest BCUT2D eigenvalue weighted by Crippen LogP contribution is -2.15. The largest absolute Gasteiger partial charge is 0.508 e. The zero-order chi connectivity index (χ0) is 20.6. The maximum absolute atomic E-state index is 9.70. The molecular formula is C24H27N3OS. The van der Waals surface area contributed by atoms with Crippen LogP contribution in [0.1, 0.15) is 24.3 Å². The molecule has 3 rings (SSSR count). The Bertz CT molecular complexity index is 1010. The van der Waals surface area contributed by atoms with Crippen LogP contribution in [0.4, 0.5) is 11.4 Å². The lowest BCUT2D eigenvalue weighted by Gasteiger charge is -2.09. The average Bonchev–Trinajstić information content (AvgIpc) is 3.13. The molecule has 1 heterocycles. The number of anilines is 1. The van der Waals surface area contributed by atoms with Crippen LogP contribution < -0.4 is 10.6 Å². The monoisotopic (exact) mass is 405 g/mol. The van der Waals surface area contributed by atoms with Gasteiger partial charge in [-0.1, -0.05) is 43.8 Å². The number of aliphatic imine (C=N–C) groups is 1. The molecule has 4 nitrogen and oxygen atoms in total. The van der Waals surface area contributed by atoms with Crippen LogP contribution in [-0.2, 0) is 6.42 Å². The third kappa shape index (κ3) is 5.56. The normalized spacial score (nSPS) is 11.1. The first-order valence-electron chi connectivity index (χ1n) is 9.78. The number of nitrogens with one attached hydrogen (secondary N) is 2. The molecule has 29 heavy (non-hydrogen) atoms. The number of phenolic OH excluding ortho intramolecular Hbond substituents is 1. The summed E-state index contributed by atoms with van der Waals surface area (Å²) in [7, 11) is 0. The summed E-state index contributed by atoms with van der Waals surface area (Å²) in [6, 6.07) is 17.8. The van der Waals surface area contributed by atoms with Gasteiger partial charge in [-0.15, -0.1) is 11.3 Å². The topological polar surface area (TPSA) is 56.6 Å². The van der Waals surface area contributed by atoms with E-state index in [1.54, 1.807) is 35.8 Å². The number of nitrogens with zero attached hydrogens (tertiary/aromatic N) is 1. The zero-order valence-electron chi connectivity index (χ0n) is 16.9. The van der Waals surface area contributed by atoms with E-state index in [0.717, 1.165) is 46.3 Å². The van der Waals surface area contributed by atoms with Crippen molar-refractivity contribution in [2.75, 3.05) is 18.4 Å². The number of rotatable bonds is 9. The molecule has 150 valence electrons. The van der Waals surface area contributed by atoms with Crippen molar-refractivity contribution in [3.05, 3.63) is 71.6 Å². The maximum Gasteiger partial charge on any atom is 0.117 e. The van der Waals surface area contributed by atoms with Crippen molar-refractivity contribution in [1.29, 1.82) is 0 Å². The van der Waals surface area contributed by atoms with Gasteiger partial charge in [-0.2, -0.15) is 0 Å². The minimum Gasteiger partial charge on any atom is -0.508 e. The highest BCUT2D eigenvalue weighted by atomic mass is 32.1. The average molecular weight is 406 g/mol. The molecule has 0 aliphatic heterocycles. The Kier molecular flexibility index (Phi) is 7.22. The number of aromatic hydroxyl groups is 1. The van der Waals surface area contributed by atoms with Crippen molar-refractivity contribution in [2.24, 2.45) is 4.99 Å². The fourth-order valence-electron chi connectivity index (χ4n) is 3.08. The second-order valence-electron chi connectivity index (χ2n) is 6.67. The van der Waals surface area contributed by atoms with Gasteiger partial charge in [0.05, 0.1) is 16.3 Å². The Morgan fingerprint density at radius 1 is 1.17 bits per heavy atom. The van der Waals surface area contributed by atoms with Gasteiger partial charge < -0.3 is 15.7 Å². The van der Waals surface area contributed by atoms with Crippen LogP contribution in [0, 0.1) is 0 Å². The SMILES string of the molecule is C=C(Nc1cccc(O)c1)c1sc(-c2cccc(CCNCC)c2)cc1/N=C\C. The van der Waals surface area contributed by atoms with Gasteiger partial charge in [-0.25, -0.2) is 0 Å². The number of likely N-dealkylation sites (N-methyl/N-ethyl adjacent to an activating group) is 1. The summed E-state index contributed by atoms with van der Waals surface area (Å²) >= 11 is 1.67. The number of benzene rings is 2. The van der Waals surface area contributed by atoms with E-state index in [9.17, 15) is 5.11 Å². The van der Waals surface area contributed by atoms with Crippen LogP contribution >= 0.6 is 11.3 Å². The molecule has 0 radical (unpaired) electrons. The molecule has 0 atom stereocenters. The van der Waals surface area contributed by atoms with E-state index in [2.05, 4.69) is 59.5 Å². The number of thiophene rings is 1. The lowest BCUT2D eigenvalue weighted by atomic mass is 10.1. The van der Waals surface area contributed by atoms with Crippen molar-refractivity contribution in [3.8, 4) is 16.2 Å². The van der Waals surface area contributed by atoms with Gasteiger partial charge in [0.1, 0.15) is 5.75 Å². The number of hydrogen-bond acceptors (Lipinski definition) is 5. The van der Waals surface area contributed by atoms with E-state index in [4.69, 9.17) is 0 Å². The molecule has 0 spiro atoms. The van der Waals surface area contributed by atoms with Crippen molar-refractivity contribution >= 4 is 34.6 Å². The lowest BCUT2D eigenvalue weighted by molar-refractivity contribution is 0.475. The molecule has 3 N–H and O–H groups in total. The molecule has 0 amide bonds. The quantitative estimate of drug-likeness (QED) is 0.299. The van der Waals surface area contributed by atoms with Gasteiger partial charge >= 0.3 is 0 Å². The van der Waals surface area contributed by atoms with Gasteiger partial charge in [0.15, 0.2) is 0 Å². The molecule has 0 fully saturated rings. The standard InChI is InChI=1S/C24H27N3OS/c1-4-25-13-12-18-8-6-9-19(14-18)23-16-22(26-5-2)24(29-23)17(3)27-20-10-7-11-21(28)15-20/h5-11,14-16,25,27-28H,3-4,12-13H2,1-2H3/b26-5-. The van der Waals surface area contributed by atoms with E-state index in [1.165, 1.54) is 11.1 Å². The minimum absolute atomic E-state index is 0.218. The third-order valence-electron chi connectivity index (χ3n) is 4.45. The van der Waals surface area contributed by atoms with Crippen LogP contribution in [0.25, 0.3) is 16.1 Å². The van der Waals surface area contributed by atoms with Gasteiger partial charge in [-0.05, 0) is 55.8 Å². The molecule has 0 bridgehead atoms. The highest BCUT2D eigenvalue weighted by Crippen LogP contribution is 2.40. The zero-order valence-corrected chi connectivity index (χ0v) is 17.7. The van der Waals surface area contributed by atoms with Crippen LogP contribution in [0.2, 0.25) is 0 Å². The summed E-state index contributed by atoms with van der Waals surface area (Å²) in [5.41, 5.74) is 4.95. The van der Waals surface area contributed by atoms with Gasteiger partial charge in [0.25, 0.3) is 0 Å². The van der Waals surface area contributed by atoms with Crippen LogP contribution in [0.3, 0.4) is 0 Å². The summed E-state index contributed by atoms with van der Waals surface area (Å²) < 4.78 is 0. The molecule has 0 saturated heterocycles. The molecule has 5 heteroatoms. The number of phenols is 1. The molecule has 0 saturated carbocycles. The predicted octanol–water partition coefficient (Wildman–Crippen LogP) is 6.08. The van der Waals surface area contributed by atoms with Gasteiger partial charge in [0, 0.05) is 22.8 Å². The Hall–Kier alpha value is -2.89. The first kappa shape index (κ1) is 20.8. The van der Waals surface area contributed by atoms with E-state index in [1.807, 2.05) is 13.0 Å². The molecule has 0 unspecified atom stereocenters. The fourth-order valence-corrected chi connectivity index (χ4v) is 4.10. The summed E-state index contributed by atoms with van der Waals surface area (Å²) in [5, 5.41) is 16.4. The van der Waals surface area contributed by atoms with Crippen molar-refractivity contribution < 1.29 is 5.11 Å². The van der Waals surface area contributed by atoms with Crippen molar-refractivity contribution in [1.82, 2.24) is 5.32 Å². The predicted molar refractivity (Wildman–Crippen MR) is 127 cm³/mol. The van der Waals surface area contributed by atoms with Crippen LogP contribution in [0.15, 0.2) is 66.2 Å². The van der Waals surface area contributed by atoms with Crippen molar-refractivity contribution in [2.45, 2.75) is 20.3 Å². The summed E-state index contributed by atoms with van der Waals surface area (Å²) in [5.74, 6) is 0.218. The van der Waals surface area contributed by atoms with Crippen molar-refractivity contribution in [3.63, 3.8) is 0 Å². The third-order valence-corrected chi connectivity index (χ3v) is 5.68. The molecule has 3 aromatic rings. The second-order valence-corrected chi connectivity index (χ2v) is 7.72. The van der Waals surface area contributed by atoms with E-state index in [-0.39, 0.29) is 5.75 Å². The van der Waals surface area contributed by atoms with Crippen LogP contribution in [0.5, 0.6) is 5.75 Å². The number of hydrogen-bond donors (Lipinski definition) is 3.